The van der Waals surface area contributed by atoms with Crippen molar-refractivity contribution >= 4 is 64.8 Å². The van der Waals surface area contributed by atoms with E-state index in [1.165, 1.54) is 77.0 Å². The third-order valence-corrected chi connectivity index (χ3v) is 15.1. The van der Waals surface area contributed by atoms with Crippen molar-refractivity contribution < 1.29 is 27.2 Å². The van der Waals surface area contributed by atoms with Gasteiger partial charge in [0.25, 0.3) is 0 Å². The lowest BCUT2D eigenvalue weighted by molar-refractivity contribution is 0.190. The van der Waals surface area contributed by atoms with E-state index in [1.54, 1.807) is 0 Å². The first kappa shape index (κ1) is 74.2. The van der Waals surface area contributed by atoms with Crippen LogP contribution in [0.25, 0.3) is 0 Å². The standard InChI is InChI=1S/C46H102N6O6P2.4ClH/c1-3-5-7-9-11-15-19-23-41-55-59(53,45-39-51(35-27-31-47)36-28-32-48)57-43-25-21-17-13-14-18-22-26-44-58-60(54,46-40-52(37-29-33-49)38-30-34-50)56-42-24-20-16-12-10-8-6-4-2;;;;/h3-50H2,1-2H3;4*1H. The molecule has 0 aromatic heterocycles. The molecule has 12 nitrogen and oxygen atoms in total. The van der Waals surface area contributed by atoms with Gasteiger partial charge in [0.05, 0.1) is 38.8 Å². The summed E-state index contributed by atoms with van der Waals surface area (Å²) in [5.74, 6) is 0. The summed E-state index contributed by atoms with van der Waals surface area (Å²) in [4.78, 5) is 4.61. The van der Waals surface area contributed by atoms with Gasteiger partial charge in [0.1, 0.15) is 0 Å². The van der Waals surface area contributed by atoms with E-state index in [-0.39, 0.29) is 49.6 Å². The number of hydrogen-bond acceptors (Lipinski definition) is 12. The Hall–Kier alpha value is 1.22. The molecule has 0 aliphatic carbocycles. The van der Waals surface area contributed by atoms with Gasteiger partial charge in [0.15, 0.2) is 0 Å². The van der Waals surface area contributed by atoms with Crippen LogP contribution in [0.4, 0.5) is 0 Å². The fourth-order valence-electron chi connectivity index (χ4n) is 7.34. The van der Waals surface area contributed by atoms with Gasteiger partial charge in [-0.05, 0) is 104 Å². The van der Waals surface area contributed by atoms with Crippen molar-refractivity contribution in [1.29, 1.82) is 0 Å². The van der Waals surface area contributed by atoms with E-state index in [0.717, 1.165) is 129 Å². The maximum atomic E-state index is 13.9. The molecule has 0 amide bonds. The summed E-state index contributed by atoms with van der Waals surface area (Å²) in [6, 6.07) is 0. The summed E-state index contributed by atoms with van der Waals surface area (Å²) in [7, 11) is -6.38. The highest BCUT2D eigenvalue weighted by Crippen LogP contribution is 2.49. The summed E-state index contributed by atoms with van der Waals surface area (Å²) in [5.41, 5.74) is 23.1. The minimum atomic E-state index is -3.19. The molecule has 0 aromatic rings. The van der Waals surface area contributed by atoms with Gasteiger partial charge in [-0.15, -0.1) is 49.6 Å². The average molecular weight is 1040 g/mol. The summed E-state index contributed by atoms with van der Waals surface area (Å²) in [6.07, 6.45) is 32.3. The molecule has 2 atom stereocenters. The topological polar surface area (TPSA) is 182 Å². The molecule has 0 bridgehead atoms. The molecule has 0 saturated carbocycles. The van der Waals surface area contributed by atoms with Crippen LogP contribution in [-0.4, -0.2) is 114 Å². The molecule has 64 heavy (non-hydrogen) atoms. The molecular formula is C46H106Cl4N6O6P2. The molecule has 0 heterocycles. The average Bonchev–Trinajstić information content (AvgIpc) is 3.25. The fourth-order valence-corrected chi connectivity index (χ4v) is 10.7. The molecule has 0 fully saturated rings. The van der Waals surface area contributed by atoms with Gasteiger partial charge in [0.2, 0.25) is 0 Å². The van der Waals surface area contributed by atoms with Gasteiger partial charge in [0, 0.05) is 13.1 Å². The minimum absolute atomic E-state index is 0. The van der Waals surface area contributed by atoms with Crippen molar-refractivity contribution in [2.45, 2.75) is 194 Å². The lowest BCUT2D eigenvalue weighted by Crippen LogP contribution is -2.31. The maximum Gasteiger partial charge on any atom is 0.331 e. The molecule has 18 heteroatoms. The van der Waals surface area contributed by atoms with E-state index < -0.39 is 15.2 Å². The predicted octanol–water partition coefficient (Wildman–Crippen LogP) is 12.5. The monoisotopic (exact) mass is 1040 g/mol. The number of nitrogens with two attached hydrogens (primary N) is 4. The third kappa shape index (κ3) is 49.6. The Morgan fingerprint density at radius 1 is 0.312 bits per heavy atom. The zero-order valence-corrected chi connectivity index (χ0v) is 46.3. The first-order chi connectivity index (χ1) is 29.3. The maximum absolute atomic E-state index is 13.9. The Morgan fingerprint density at radius 3 is 0.719 bits per heavy atom. The lowest BCUT2D eigenvalue weighted by atomic mass is 10.1. The van der Waals surface area contributed by atoms with Crippen molar-refractivity contribution in [3.05, 3.63) is 0 Å². The predicted molar refractivity (Wildman–Crippen MR) is 287 cm³/mol. The molecule has 0 spiro atoms. The van der Waals surface area contributed by atoms with Crippen molar-refractivity contribution in [1.82, 2.24) is 9.80 Å². The zero-order valence-electron chi connectivity index (χ0n) is 41.3. The fraction of sp³-hybridized carbons (Fsp3) is 1.00. The normalized spacial score (nSPS) is 13.2. The zero-order chi connectivity index (χ0) is 44.1. The van der Waals surface area contributed by atoms with Crippen molar-refractivity contribution in [2.75, 3.05) is 104 Å². The smallest absolute Gasteiger partial charge is 0.330 e. The van der Waals surface area contributed by atoms with Crippen LogP contribution in [0.15, 0.2) is 0 Å². The van der Waals surface area contributed by atoms with E-state index >= 15 is 0 Å². The molecule has 0 radical (unpaired) electrons. The van der Waals surface area contributed by atoms with Crippen LogP contribution < -0.4 is 22.9 Å². The van der Waals surface area contributed by atoms with Crippen LogP contribution >= 0.6 is 64.8 Å². The lowest BCUT2D eigenvalue weighted by Gasteiger charge is -2.25. The van der Waals surface area contributed by atoms with Gasteiger partial charge >= 0.3 is 15.2 Å². The third-order valence-electron chi connectivity index (χ3n) is 11.3. The van der Waals surface area contributed by atoms with Gasteiger partial charge in [-0.25, -0.2) is 0 Å². The largest absolute Gasteiger partial charge is 0.331 e. The highest BCUT2D eigenvalue weighted by molar-refractivity contribution is 7.54. The van der Waals surface area contributed by atoms with Gasteiger partial charge < -0.3 is 50.8 Å². The van der Waals surface area contributed by atoms with Crippen LogP contribution in [0.2, 0.25) is 0 Å². The SMILES string of the molecule is CCCCCCCCCCOP(=O)(CCN(CCCN)CCCN)OCCCCCCCCCCOP(=O)(CCN(CCCN)CCCN)OCCCCCCCCCC.Cl.Cl.Cl.Cl. The van der Waals surface area contributed by atoms with Crippen LogP contribution in [0, 0.1) is 0 Å². The van der Waals surface area contributed by atoms with Crippen molar-refractivity contribution in [3.8, 4) is 0 Å². The molecular weight excluding hydrogens is 936 g/mol. The molecule has 0 saturated heterocycles. The van der Waals surface area contributed by atoms with E-state index in [1.807, 2.05) is 0 Å². The second-order valence-electron chi connectivity index (χ2n) is 17.0. The molecule has 0 aliphatic rings. The molecule has 394 valence electrons. The molecule has 0 aliphatic heterocycles. The second-order valence-corrected chi connectivity index (χ2v) is 21.4. The second kappa shape index (κ2) is 56.8. The summed E-state index contributed by atoms with van der Waals surface area (Å²) in [6.45, 7) is 13.8. The summed E-state index contributed by atoms with van der Waals surface area (Å²) >= 11 is 0. The Balaban J connectivity index is -0.00000290. The summed E-state index contributed by atoms with van der Waals surface area (Å²) < 4.78 is 52.1. The number of hydrogen-bond donors (Lipinski definition) is 4. The van der Waals surface area contributed by atoms with Gasteiger partial charge in [-0.1, -0.05) is 142 Å². The summed E-state index contributed by atoms with van der Waals surface area (Å²) in [5, 5.41) is 0. The van der Waals surface area contributed by atoms with Gasteiger partial charge in [-0.3, -0.25) is 9.13 Å². The minimum Gasteiger partial charge on any atom is -0.330 e. The Kier molecular flexibility index (Phi) is 65.8. The van der Waals surface area contributed by atoms with E-state index in [0.29, 0.717) is 78.0 Å². The molecule has 0 aromatic carbocycles. The van der Waals surface area contributed by atoms with Crippen LogP contribution in [0.3, 0.4) is 0 Å². The van der Waals surface area contributed by atoms with Crippen molar-refractivity contribution in [2.24, 2.45) is 22.9 Å². The number of halogens is 4. The van der Waals surface area contributed by atoms with Crippen molar-refractivity contribution in [3.63, 3.8) is 0 Å². The van der Waals surface area contributed by atoms with Crippen LogP contribution in [-0.2, 0) is 27.2 Å². The molecule has 2 unspecified atom stereocenters. The van der Waals surface area contributed by atoms with Gasteiger partial charge in [-0.2, -0.15) is 0 Å². The molecule has 0 rings (SSSR count). The van der Waals surface area contributed by atoms with Crippen LogP contribution in [0.1, 0.15) is 194 Å². The Labute approximate surface area is 420 Å². The number of rotatable bonds is 51. The number of nitrogens with zero attached hydrogens (tertiary/aromatic N) is 2. The Morgan fingerprint density at radius 2 is 0.516 bits per heavy atom. The highest BCUT2D eigenvalue weighted by Gasteiger charge is 2.27. The van der Waals surface area contributed by atoms with E-state index in [2.05, 4.69) is 23.6 Å². The molecule has 8 N–H and O–H groups in total. The quantitative estimate of drug-likeness (QED) is 0.0335. The van der Waals surface area contributed by atoms with Crippen LogP contribution in [0.5, 0.6) is 0 Å². The first-order valence-electron chi connectivity index (χ1n) is 25.3. The highest BCUT2D eigenvalue weighted by atomic mass is 35.5. The first-order valence-corrected chi connectivity index (χ1v) is 28.8. The number of unbranched alkanes of at least 4 members (excludes halogenated alkanes) is 21. The Bertz CT molecular complexity index is 906. The van der Waals surface area contributed by atoms with E-state index in [9.17, 15) is 9.13 Å². The van der Waals surface area contributed by atoms with E-state index in [4.69, 9.17) is 41.0 Å².